The van der Waals surface area contributed by atoms with Crippen molar-refractivity contribution >= 4 is 29.1 Å². The molecule has 1 aliphatic heterocycles. The third-order valence-corrected chi connectivity index (χ3v) is 5.17. The van der Waals surface area contributed by atoms with Gasteiger partial charge in [0.05, 0.1) is 0 Å². The fourth-order valence-electron chi connectivity index (χ4n) is 3.64. The number of imidazole rings is 1. The molecule has 3 aromatic heterocycles. The Bertz CT molecular complexity index is 1170. The van der Waals surface area contributed by atoms with Crippen molar-refractivity contribution in [2.45, 2.75) is 40.0 Å². The largest absolute Gasteiger partial charge is 0.368 e. The zero-order valence-corrected chi connectivity index (χ0v) is 19.5. The molecule has 1 aromatic carbocycles. The average molecular weight is 447 g/mol. The average Bonchev–Trinajstić information content (AvgIpc) is 3.30. The van der Waals surface area contributed by atoms with Crippen molar-refractivity contribution in [1.82, 2.24) is 24.9 Å². The van der Waals surface area contributed by atoms with Gasteiger partial charge in [-0.1, -0.05) is 43.7 Å². The van der Waals surface area contributed by atoms with Crippen LogP contribution in [0.15, 0.2) is 48.8 Å². The van der Waals surface area contributed by atoms with Gasteiger partial charge in [0.1, 0.15) is 11.3 Å². The predicted octanol–water partition coefficient (Wildman–Crippen LogP) is 5.25. The van der Waals surface area contributed by atoms with E-state index in [0.29, 0.717) is 5.65 Å². The molecule has 1 saturated heterocycles. The van der Waals surface area contributed by atoms with E-state index < -0.39 is 0 Å². The zero-order chi connectivity index (χ0) is 23.6. The molecule has 1 fully saturated rings. The van der Waals surface area contributed by atoms with E-state index in [0.717, 1.165) is 41.4 Å². The Balaban J connectivity index is 0.000000289. The smallest absolute Gasteiger partial charge is 0.224 e. The van der Waals surface area contributed by atoms with Crippen molar-refractivity contribution in [2.24, 2.45) is 0 Å². The summed E-state index contributed by atoms with van der Waals surface area (Å²) in [5.41, 5.74) is 10.5. The highest BCUT2D eigenvalue weighted by molar-refractivity contribution is 5.87. The highest BCUT2D eigenvalue weighted by atomic mass is 15.2. The molecule has 0 amide bonds. The van der Waals surface area contributed by atoms with Crippen LogP contribution in [0.5, 0.6) is 0 Å². The van der Waals surface area contributed by atoms with Crippen LogP contribution in [0.25, 0.3) is 22.6 Å². The number of fused-ring (bicyclic) bond motifs is 1. The molecule has 33 heavy (non-hydrogen) atoms. The van der Waals surface area contributed by atoms with Gasteiger partial charge in [-0.15, -0.1) is 0 Å². The molecule has 4 heterocycles. The molecule has 4 N–H and O–H groups in total. The summed E-state index contributed by atoms with van der Waals surface area (Å²) < 4.78 is 0. The van der Waals surface area contributed by atoms with E-state index in [2.05, 4.69) is 29.8 Å². The van der Waals surface area contributed by atoms with E-state index in [1.54, 1.807) is 12.4 Å². The second-order valence-corrected chi connectivity index (χ2v) is 7.53. The van der Waals surface area contributed by atoms with Crippen LogP contribution in [0.4, 0.5) is 11.8 Å². The van der Waals surface area contributed by atoms with Crippen molar-refractivity contribution in [3.8, 4) is 11.4 Å². The van der Waals surface area contributed by atoms with E-state index in [4.69, 9.17) is 11.1 Å². The van der Waals surface area contributed by atoms with Gasteiger partial charge in [0.2, 0.25) is 5.95 Å². The van der Waals surface area contributed by atoms with Crippen molar-refractivity contribution in [2.75, 3.05) is 23.7 Å². The molecule has 0 unspecified atom stereocenters. The summed E-state index contributed by atoms with van der Waals surface area (Å²) in [5.74, 6) is 1.88. The lowest BCUT2D eigenvalue weighted by Crippen LogP contribution is -2.30. The molecular weight excluding hydrogens is 412 g/mol. The number of piperidine rings is 1. The minimum Gasteiger partial charge on any atom is -0.368 e. The number of hydrogen-bond donors (Lipinski definition) is 3. The number of nitrogens with one attached hydrogen (secondary N) is 2. The van der Waals surface area contributed by atoms with Crippen LogP contribution in [-0.4, -0.2) is 44.2 Å². The SMILES string of the molecule is CC.Cc1cccc(C=N)c1.Nc1nc(N2CCCCC2)c2[nH]c(-c3ccncc3)nc2n1.[HH]. The molecule has 0 radical (unpaired) electrons. The van der Waals surface area contributed by atoms with Crippen molar-refractivity contribution in [3.05, 3.63) is 59.9 Å². The van der Waals surface area contributed by atoms with Gasteiger partial charge < -0.3 is 21.0 Å². The summed E-state index contributed by atoms with van der Waals surface area (Å²) in [5, 5.41) is 6.92. The third-order valence-electron chi connectivity index (χ3n) is 5.17. The highest BCUT2D eigenvalue weighted by Crippen LogP contribution is 2.28. The summed E-state index contributed by atoms with van der Waals surface area (Å²) in [4.78, 5) is 22.9. The Morgan fingerprint density at radius 3 is 2.39 bits per heavy atom. The number of nitrogens with two attached hydrogens (primary N) is 1. The standard InChI is InChI=1S/C15H17N7.C8H9N.C2H6.H2/c16-15-20-13-11(14(21-15)22-8-2-1-3-9-22)18-12(19-13)10-4-6-17-7-5-10;1-7-3-2-4-8(5-7)6-9;1-2;/h4-7H,1-3,8-9H2,(H3,16,18,19,20,21);2-6,9H,1H3;1-2H3;1H. The molecule has 0 bridgehead atoms. The summed E-state index contributed by atoms with van der Waals surface area (Å²) in [6.07, 6.45) is 8.47. The highest BCUT2D eigenvalue weighted by Gasteiger charge is 2.19. The summed E-state index contributed by atoms with van der Waals surface area (Å²) >= 11 is 0. The minimum atomic E-state index is 0. The molecule has 4 aromatic rings. The minimum absolute atomic E-state index is 0. The molecule has 8 heteroatoms. The number of pyridine rings is 1. The fourth-order valence-corrected chi connectivity index (χ4v) is 3.64. The fraction of sp³-hybridized carbons (Fsp3) is 0.320. The van der Waals surface area contributed by atoms with Gasteiger partial charge in [0.15, 0.2) is 11.5 Å². The molecule has 8 nitrogen and oxygen atoms in total. The maximum Gasteiger partial charge on any atom is 0.224 e. The van der Waals surface area contributed by atoms with Gasteiger partial charge in [-0.2, -0.15) is 9.97 Å². The van der Waals surface area contributed by atoms with Crippen molar-refractivity contribution < 1.29 is 1.43 Å². The summed E-state index contributed by atoms with van der Waals surface area (Å²) in [6.45, 7) is 8.01. The first-order chi connectivity index (χ1) is 16.1. The van der Waals surface area contributed by atoms with Gasteiger partial charge >= 0.3 is 0 Å². The van der Waals surface area contributed by atoms with Crippen LogP contribution in [0.1, 0.15) is 45.7 Å². The monoisotopic (exact) mass is 446 g/mol. The van der Waals surface area contributed by atoms with E-state index in [1.165, 1.54) is 31.0 Å². The van der Waals surface area contributed by atoms with Crippen LogP contribution in [0, 0.1) is 12.3 Å². The first-order valence-electron chi connectivity index (χ1n) is 11.4. The van der Waals surface area contributed by atoms with Crippen LogP contribution < -0.4 is 10.6 Å². The third kappa shape index (κ3) is 6.12. The Morgan fingerprint density at radius 1 is 1.03 bits per heavy atom. The number of aromatic nitrogens is 5. The number of H-pyrrole nitrogens is 1. The Hall–Kier alpha value is -3.81. The van der Waals surface area contributed by atoms with Crippen LogP contribution >= 0.6 is 0 Å². The predicted molar refractivity (Wildman–Crippen MR) is 138 cm³/mol. The van der Waals surface area contributed by atoms with Gasteiger partial charge in [0.25, 0.3) is 0 Å². The number of nitrogen functional groups attached to an aromatic ring is 1. The molecule has 1 aliphatic rings. The lowest BCUT2D eigenvalue weighted by molar-refractivity contribution is 0.574. The van der Waals surface area contributed by atoms with Crippen molar-refractivity contribution in [3.63, 3.8) is 0 Å². The summed E-state index contributed by atoms with van der Waals surface area (Å²) in [6, 6.07) is 11.7. The maximum absolute atomic E-state index is 6.92. The first kappa shape index (κ1) is 23.8. The number of benzene rings is 1. The topological polar surface area (TPSA) is 120 Å². The van der Waals surface area contributed by atoms with Crippen LogP contribution in [-0.2, 0) is 0 Å². The molecule has 0 aliphatic carbocycles. The second-order valence-electron chi connectivity index (χ2n) is 7.53. The van der Waals surface area contributed by atoms with Gasteiger partial charge in [-0.3, -0.25) is 4.98 Å². The second kappa shape index (κ2) is 11.7. The quantitative estimate of drug-likeness (QED) is 0.370. The maximum atomic E-state index is 6.92. The number of aryl methyl sites for hydroxylation is 1. The van der Waals surface area contributed by atoms with Gasteiger partial charge in [0, 0.05) is 38.7 Å². The Morgan fingerprint density at radius 2 is 1.76 bits per heavy atom. The summed E-state index contributed by atoms with van der Waals surface area (Å²) in [7, 11) is 0. The lowest BCUT2D eigenvalue weighted by atomic mass is 10.1. The normalized spacial score (nSPS) is 12.9. The van der Waals surface area contributed by atoms with E-state index >= 15 is 0 Å². The Labute approximate surface area is 196 Å². The van der Waals surface area contributed by atoms with Crippen molar-refractivity contribution in [1.29, 1.82) is 5.41 Å². The molecule has 5 rings (SSSR count). The molecule has 0 spiro atoms. The molecule has 0 atom stereocenters. The number of rotatable bonds is 3. The number of nitrogens with zero attached hydrogens (tertiary/aromatic N) is 5. The number of anilines is 2. The number of aromatic amines is 1. The van der Waals surface area contributed by atoms with Gasteiger partial charge in [-0.05, 0) is 43.9 Å². The van der Waals surface area contributed by atoms with E-state index in [1.807, 2.05) is 57.2 Å². The lowest BCUT2D eigenvalue weighted by Gasteiger charge is -2.27. The molecular formula is C25H34N8. The van der Waals surface area contributed by atoms with Gasteiger partial charge in [-0.25, -0.2) is 4.98 Å². The van der Waals surface area contributed by atoms with E-state index in [9.17, 15) is 0 Å². The van der Waals surface area contributed by atoms with E-state index in [-0.39, 0.29) is 7.37 Å². The molecule has 174 valence electrons. The Kier molecular flexibility index (Phi) is 8.46. The molecule has 0 saturated carbocycles. The number of hydrogen-bond acceptors (Lipinski definition) is 7. The van der Waals surface area contributed by atoms with Crippen LogP contribution in [0.2, 0.25) is 0 Å². The van der Waals surface area contributed by atoms with Crippen LogP contribution in [0.3, 0.4) is 0 Å². The first-order valence-corrected chi connectivity index (χ1v) is 11.4. The zero-order valence-electron chi connectivity index (χ0n) is 19.5.